The third-order valence-corrected chi connectivity index (χ3v) is 3.36. The van der Waals surface area contributed by atoms with Crippen molar-refractivity contribution in [2.24, 2.45) is 4.99 Å². The highest BCUT2D eigenvalue weighted by Crippen LogP contribution is 2.05. The molecule has 0 aliphatic carbocycles. The number of rotatable bonds is 8. The van der Waals surface area contributed by atoms with Crippen LogP contribution < -0.4 is 10.6 Å². The Labute approximate surface area is 136 Å². The van der Waals surface area contributed by atoms with E-state index in [1.54, 1.807) is 6.33 Å². The molecule has 0 saturated heterocycles. The number of guanidine groups is 1. The minimum Gasteiger partial charge on any atom is -0.359 e. The minimum atomic E-state index is 0.467. The van der Waals surface area contributed by atoms with Crippen LogP contribution in [0.1, 0.15) is 38.0 Å². The van der Waals surface area contributed by atoms with Gasteiger partial charge in [-0.1, -0.05) is 19.0 Å². The van der Waals surface area contributed by atoms with E-state index in [-0.39, 0.29) is 0 Å². The Kier molecular flexibility index (Phi) is 6.58. The van der Waals surface area contributed by atoms with E-state index in [4.69, 9.17) is 4.52 Å². The lowest BCUT2D eigenvalue weighted by atomic mass is 10.3. The normalized spacial score (nSPS) is 11.7. The Morgan fingerprint density at radius 2 is 2.13 bits per heavy atom. The van der Waals surface area contributed by atoms with Gasteiger partial charge < -0.3 is 19.7 Å². The molecule has 2 N–H and O–H groups in total. The van der Waals surface area contributed by atoms with E-state index >= 15 is 0 Å². The molecule has 0 radical (unpaired) electrons. The molecule has 8 heteroatoms. The number of aryl methyl sites for hydroxylation is 2. The van der Waals surface area contributed by atoms with Crippen molar-refractivity contribution >= 4 is 5.96 Å². The summed E-state index contributed by atoms with van der Waals surface area (Å²) in [5.74, 6) is 2.52. The summed E-state index contributed by atoms with van der Waals surface area (Å²) in [5.41, 5.74) is 0.952. The first-order valence-electron chi connectivity index (χ1n) is 8.10. The summed E-state index contributed by atoms with van der Waals surface area (Å²) in [5, 5.41) is 18.5. The first-order valence-corrected chi connectivity index (χ1v) is 8.10. The monoisotopic (exact) mass is 319 g/mol. The zero-order valence-corrected chi connectivity index (χ0v) is 14.0. The third-order valence-electron chi connectivity index (χ3n) is 3.36. The van der Waals surface area contributed by atoms with Gasteiger partial charge >= 0.3 is 0 Å². The Hall–Kier alpha value is -2.38. The Balaban J connectivity index is 1.86. The molecule has 2 aromatic heterocycles. The van der Waals surface area contributed by atoms with Crippen molar-refractivity contribution in [3.63, 3.8) is 0 Å². The SMILES string of the molecule is CCNC(=NCc1cc(CC)no1)NCCn1cnnc1CC. The van der Waals surface area contributed by atoms with E-state index in [0.29, 0.717) is 6.54 Å². The second-order valence-electron chi connectivity index (χ2n) is 5.05. The molecule has 126 valence electrons. The van der Waals surface area contributed by atoms with Crippen molar-refractivity contribution in [2.45, 2.75) is 46.7 Å². The van der Waals surface area contributed by atoms with E-state index in [9.17, 15) is 0 Å². The molecule has 2 aromatic rings. The third kappa shape index (κ3) is 5.08. The molecule has 0 aliphatic rings. The van der Waals surface area contributed by atoms with Crippen LogP contribution in [0.4, 0.5) is 0 Å². The smallest absolute Gasteiger partial charge is 0.191 e. The summed E-state index contributed by atoms with van der Waals surface area (Å²) in [7, 11) is 0. The van der Waals surface area contributed by atoms with Crippen molar-refractivity contribution in [1.82, 2.24) is 30.6 Å². The molecule has 8 nitrogen and oxygen atoms in total. The first-order chi connectivity index (χ1) is 11.3. The van der Waals surface area contributed by atoms with Gasteiger partial charge in [-0.25, -0.2) is 4.99 Å². The lowest BCUT2D eigenvalue weighted by Crippen LogP contribution is -2.38. The van der Waals surface area contributed by atoms with E-state index in [0.717, 1.165) is 55.7 Å². The standard InChI is InChI=1S/C15H25N7O/c1-4-12-9-13(23-21-12)10-18-15(16-6-3)17-7-8-22-11-19-20-14(22)5-2/h9,11H,4-8,10H2,1-3H3,(H2,16,17,18). The largest absolute Gasteiger partial charge is 0.359 e. The van der Waals surface area contributed by atoms with Crippen LogP contribution in [0, 0.1) is 0 Å². The molecular weight excluding hydrogens is 294 g/mol. The van der Waals surface area contributed by atoms with Crippen molar-refractivity contribution < 1.29 is 4.52 Å². The lowest BCUT2D eigenvalue weighted by Gasteiger charge is -2.11. The Morgan fingerprint density at radius 1 is 1.26 bits per heavy atom. The molecule has 0 saturated carbocycles. The van der Waals surface area contributed by atoms with Crippen molar-refractivity contribution in [1.29, 1.82) is 0 Å². The molecule has 0 unspecified atom stereocenters. The maximum absolute atomic E-state index is 5.24. The average Bonchev–Trinajstić information content (AvgIpc) is 3.21. The van der Waals surface area contributed by atoms with Crippen LogP contribution in [-0.4, -0.2) is 39.0 Å². The molecule has 2 rings (SSSR count). The summed E-state index contributed by atoms with van der Waals surface area (Å²) in [4.78, 5) is 4.51. The zero-order chi connectivity index (χ0) is 16.5. The fourth-order valence-corrected chi connectivity index (χ4v) is 2.13. The fraction of sp³-hybridized carbons (Fsp3) is 0.600. The van der Waals surface area contributed by atoms with Gasteiger partial charge in [-0.2, -0.15) is 0 Å². The highest BCUT2D eigenvalue weighted by atomic mass is 16.5. The number of hydrogen-bond donors (Lipinski definition) is 2. The number of hydrogen-bond acceptors (Lipinski definition) is 5. The summed E-state index contributed by atoms with van der Waals surface area (Å²) < 4.78 is 7.29. The summed E-state index contributed by atoms with van der Waals surface area (Å²) in [6.07, 6.45) is 3.50. The first kappa shape index (κ1) is 17.0. The van der Waals surface area contributed by atoms with Crippen LogP contribution >= 0.6 is 0 Å². The number of nitrogens with one attached hydrogen (secondary N) is 2. The van der Waals surface area contributed by atoms with Crippen LogP contribution in [0.25, 0.3) is 0 Å². The summed E-state index contributed by atoms with van der Waals surface area (Å²) in [6.45, 7) is 8.96. The molecule has 0 bridgehead atoms. The predicted molar refractivity (Wildman–Crippen MR) is 88.1 cm³/mol. The van der Waals surface area contributed by atoms with Crippen LogP contribution in [0.5, 0.6) is 0 Å². The number of aromatic nitrogens is 4. The molecule has 0 spiro atoms. The molecule has 0 atom stereocenters. The maximum Gasteiger partial charge on any atom is 0.191 e. The summed E-state index contributed by atoms with van der Waals surface area (Å²) in [6, 6.07) is 1.94. The highest BCUT2D eigenvalue weighted by Gasteiger charge is 2.04. The average molecular weight is 319 g/mol. The van der Waals surface area contributed by atoms with E-state index in [2.05, 4.69) is 37.9 Å². The van der Waals surface area contributed by atoms with Gasteiger partial charge in [-0.3, -0.25) is 0 Å². The number of nitrogens with zero attached hydrogens (tertiary/aromatic N) is 5. The Bertz CT molecular complexity index is 617. The summed E-state index contributed by atoms with van der Waals surface area (Å²) >= 11 is 0. The van der Waals surface area contributed by atoms with E-state index < -0.39 is 0 Å². The maximum atomic E-state index is 5.24. The van der Waals surface area contributed by atoms with Gasteiger partial charge in [0.25, 0.3) is 0 Å². The van der Waals surface area contributed by atoms with Crippen molar-refractivity contribution in [2.75, 3.05) is 13.1 Å². The fourth-order valence-electron chi connectivity index (χ4n) is 2.13. The van der Waals surface area contributed by atoms with Gasteiger partial charge in [0.1, 0.15) is 18.7 Å². The van der Waals surface area contributed by atoms with Crippen molar-refractivity contribution in [3.05, 3.63) is 29.7 Å². The van der Waals surface area contributed by atoms with Crippen LogP contribution in [-0.2, 0) is 25.9 Å². The second kappa shape index (κ2) is 8.92. The molecule has 0 fully saturated rings. The zero-order valence-electron chi connectivity index (χ0n) is 14.0. The highest BCUT2D eigenvalue weighted by molar-refractivity contribution is 5.79. The molecule has 0 amide bonds. The minimum absolute atomic E-state index is 0.467. The van der Waals surface area contributed by atoms with Gasteiger partial charge in [0.2, 0.25) is 0 Å². The van der Waals surface area contributed by atoms with Crippen LogP contribution in [0.3, 0.4) is 0 Å². The quantitative estimate of drug-likeness (QED) is 0.560. The van der Waals surface area contributed by atoms with Gasteiger partial charge in [-0.15, -0.1) is 10.2 Å². The van der Waals surface area contributed by atoms with Gasteiger partial charge in [-0.05, 0) is 13.3 Å². The van der Waals surface area contributed by atoms with Crippen LogP contribution in [0.2, 0.25) is 0 Å². The molecule has 2 heterocycles. The van der Waals surface area contributed by atoms with Gasteiger partial charge in [0, 0.05) is 32.1 Å². The molecule has 0 aliphatic heterocycles. The second-order valence-corrected chi connectivity index (χ2v) is 5.05. The van der Waals surface area contributed by atoms with Crippen molar-refractivity contribution in [3.8, 4) is 0 Å². The van der Waals surface area contributed by atoms with E-state index in [1.165, 1.54) is 0 Å². The van der Waals surface area contributed by atoms with Gasteiger partial charge in [0.15, 0.2) is 11.7 Å². The molecule has 0 aromatic carbocycles. The van der Waals surface area contributed by atoms with Gasteiger partial charge in [0.05, 0.1) is 5.69 Å². The molecular formula is C15H25N7O. The van der Waals surface area contributed by atoms with Crippen LogP contribution in [0.15, 0.2) is 21.9 Å². The molecule has 23 heavy (non-hydrogen) atoms. The Morgan fingerprint density at radius 3 is 2.83 bits per heavy atom. The lowest BCUT2D eigenvalue weighted by molar-refractivity contribution is 0.379. The topological polar surface area (TPSA) is 93.2 Å². The number of aliphatic imine (C=N–C) groups is 1. The van der Waals surface area contributed by atoms with E-state index in [1.807, 2.05) is 24.5 Å². The predicted octanol–water partition coefficient (Wildman–Crippen LogP) is 1.15.